The zero-order valence-corrected chi connectivity index (χ0v) is 8.08. The number of rotatable bonds is 1. The van der Waals surface area contributed by atoms with Crippen LogP contribution in [0.2, 0.25) is 0 Å². The van der Waals surface area contributed by atoms with E-state index in [9.17, 15) is 14.0 Å². The third kappa shape index (κ3) is 1.45. The van der Waals surface area contributed by atoms with E-state index in [1.807, 2.05) is 0 Å². The van der Waals surface area contributed by atoms with Gasteiger partial charge in [-0.25, -0.2) is 9.18 Å². The van der Waals surface area contributed by atoms with Gasteiger partial charge in [-0.3, -0.25) is 14.3 Å². The molecule has 0 saturated heterocycles. The van der Waals surface area contributed by atoms with Crippen LogP contribution in [0.3, 0.4) is 0 Å². The first-order valence-corrected chi connectivity index (χ1v) is 4.56. The van der Waals surface area contributed by atoms with Gasteiger partial charge in [-0.15, -0.1) is 0 Å². The molecular weight excluding hydrogens is 199 g/mol. The maximum Gasteiger partial charge on any atom is 0.328 e. The fraction of sp³-hybridized carbons (Fsp3) is 0.200. The lowest BCUT2D eigenvalue weighted by molar-refractivity contribution is 0.628. The molecule has 0 spiro atoms. The van der Waals surface area contributed by atoms with Gasteiger partial charge in [0.25, 0.3) is 5.56 Å². The molecule has 1 aromatic carbocycles. The van der Waals surface area contributed by atoms with Crippen molar-refractivity contribution in [2.45, 2.75) is 13.5 Å². The molecule has 15 heavy (non-hydrogen) atoms. The van der Waals surface area contributed by atoms with E-state index in [1.54, 1.807) is 6.92 Å². The number of aromatic nitrogens is 2. The summed E-state index contributed by atoms with van der Waals surface area (Å²) in [5.74, 6) is -0.491. The summed E-state index contributed by atoms with van der Waals surface area (Å²) >= 11 is 0. The topological polar surface area (TPSA) is 54.9 Å². The summed E-state index contributed by atoms with van der Waals surface area (Å²) in [6.45, 7) is 2.21. The average molecular weight is 208 g/mol. The highest BCUT2D eigenvalue weighted by molar-refractivity contribution is 5.77. The lowest BCUT2D eigenvalue weighted by atomic mass is 10.2. The Morgan fingerprint density at radius 3 is 2.80 bits per heavy atom. The molecule has 0 unspecified atom stereocenters. The maximum absolute atomic E-state index is 12.9. The number of H-pyrrole nitrogens is 1. The summed E-state index contributed by atoms with van der Waals surface area (Å²) in [6.07, 6.45) is 0. The first kappa shape index (κ1) is 9.64. The van der Waals surface area contributed by atoms with Crippen LogP contribution >= 0.6 is 0 Å². The van der Waals surface area contributed by atoms with Crippen molar-refractivity contribution >= 4 is 10.9 Å². The van der Waals surface area contributed by atoms with Gasteiger partial charge < -0.3 is 0 Å². The molecule has 5 heteroatoms. The van der Waals surface area contributed by atoms with Gasteiger partial charge in [0.2, 0.25) is 0 Å². The molecule has 0 radical (unpaired) electrons. The van der Waals surface area contributed by atoms with Gasteiger partial charge in [0, 0.05) is 6.54 Å². The first-order chi connectivity index (χ1) is 7.13. The predicted molar refractivity (Wildman–Crippen MR) is 54.5 cm³/mol. The highest BCUT2D eigenvalue weighted by Gasteiger charge is 2.06. The van der Waals surface area contributed by atoms with E-state index in [1.165, 1.54) is 16.7 Å². The van der Waals surface area contributed by atoms with Crippen LogP contribution in [0.5, 0.6) is 0 Å². The fourth-order valence-electron chi connectivity index (χ4n) is 1.58. The molecule has 0 amide bonds. The molecule has 0 aliphatic carbocycles. The summed E-state index contributed by atoms with van der Waals surface area (Å²) in [7, 11) is 0. The molecule has 0 saturated carbocycles. The molecule has 78 valence electrons. The predicted octanol–water partition coefficient (Wildman–Crippen LogP) is 0.849. The molecule has 0 bridgehead atoms. The smallest absolute Gasteiger partial charge is 0.294 e. The van der Waals surface area contributed by atoms with Gasteiger partial charge in [-0.05, 0) is 25.1 Å². The quantitative estimate of drug-likeness (QED) is 0.755. The van der Waals surface area contributed by atoms with E-state index >= 15 is 0 Å². The van der Waals surface area contributed by atoms with Crippen molar-refractivity contribution in [3.63, 3.8) is 0 Å². The SMILES string of the molecule is CCn1c(=O)[nH]c(=O)c2cc(F)ccc21. The summed E-state index contributed by atoms with van der Waals surface area (Å²) in [5.41, 5.74) is -0.576. The summed E-state index contributed by atoms with van der Waals surface area (Å²) in [6, 6.07) is 3.79. The zero-order valence-electron chi connectivity index (χ0n) is 8.08. The van der Waals surface area contributed by atoms with Gasteiger partial charge in [0.05, 0.1) is 10.9 Å². The van der Waals surface area contributed by atoms with Crippen molar-refractivity contribution in [2.75, 3.05) is 0 Å². The monoisotopic (exact) mass is 208 g/mol. The van der Waals surface area contributed by atoms with Crippen molar-refractivity contribution in [3.05, 3.63) is 44.9 Å². The van der Waals surface area contributed by atoms with Crippen LogP contribution in [0.4, 0.5) is 4.39 Å². The number of aromatic amines is 1. The second-order valence-electron chi connectivity index (χ2n) is 3.17. The molecule has 2 rings (SSSR count). The lowest BCUT2D eigenvalue weighted by Crippen LogP contribution is -2.29. The molecular formula is C10H9FN2O2. The molecule has 1 N–H and O–H groups in total. The van der Waals surface area contributed by atoms with Crippen molar-refractivity contribution in [1.29, 1.82) is 0 Å². The molecule has 4 nitrogen and oxygen atoms in total. The van der Waals surface area contributed by atoms with Crippen LogP contribution in [0.25, 0.3) is 10.9 Å². The Morgan fingerprint density at radius 2 is 2.13 bits per heavy atom. The molecule has 2 aromatic rings. The Labute approximate surface area is 84.0 Å². The molecule has 0 fully saturated rings. The van der Waals surface area contributed by atoms with Gasteiger partial charge in [-0.1, -0.05) is 0 Å². The van der Waals surface area contributed by atoms with Gasteiger partial charge in [0.1, 0.15) is 5.82 Å². The van der Waals surface area contributed by atoms with Crippen LogP contribution in [0, 0.1) is 5.82 Å². The van der Waals surface area contributed by atoms with E-state index in [2.05, 4.69) is 4.98 Å². The number of benzene rings is 1. The zero-order chi connectivity index (χ0) is 11.0. The first-order valence-electron chi connectivity index (χ1n) is 4.56. The molecule has 0 atom stereocenters. The summed E-state index contributed by atoms with van der Waals surface area (Å²) < 4.78 is 14.3. The number of nitrogens with one attached hydrogen (secondary N) is 1. The Kier molecular flexibility index (Phi) is 2.15. The van der Waals surface area contributed by atoms with Gasteiger partial charge >= 0.3 is 5.69 Å². The number of nitrogens with zero attached hydrogens (tertiary/aromatic N) is 1. The Morgan fingerprint density at radius 1 is 1.40 bits per heavy atom. The minimum Gasteiger partial charge on any atom is -0.294 e. The van der Waals surface area contributed by atoms with Gasteiger partial charge in [0.15, 0.2) is 0 Å². The van der Waals surface area contributed by atoms with Crippen molar-refractivity contribution in [3.8, 4) is 0 Å². The summed E-state index contributed by atoms with van der Waals surface area (Å²) in [5, 5.41) is 0.191. The number of hydrogen-bond donors (Lipinski definition) is 1. The second-order valence-corrected chi connectivity index (χ2v) is 3.17. The van der Waals surface area contributed by atoms with Crippen molar-refractivity contribution in [2.24, 2.45) is 0 Å². The number of fused-ring (bicyclic) bond motifs is 1. The van der Waals surface area contributed by atoms with Crippen molar-refractivity contribution in [1.82, 2.24) is 9.55 Å². The van der Waals surface area contributed by atoms with Crippen LogP contribution in [-0.2, 0) is 6.54 Å². The number of aryl methyl sites for hydroxylation is 1. The number of halogens is 1. The highest BCUT2D eigenvalue weighted by atomic mass is 19.1. The van der Waals surface area contributed by atoms with E-state index in [0.717, 1.165) is 6.07 Å². The van der Waals surface area contributed by atoms with Crippen LogP contribution in [0.15, 0.2) is 27.8 Å². The van der Waals surface area contributed by atoms with Crippen LogP contribution in [0.1, 0.15) is 6.92 Å². The van der Waals surface area contributed by atoms with E-state index in [-0.39, 0.29) is 5.39 Å². The third-order valence-electron chi connectivity index (χ3n) is 2.28. The Hall–Kier alpha value is -1.91. The average Bonchev–Trinajstić information content (AvgIpc) is 2.19. The second kappa shape index (κ2) is 3.34. The Balaban J connectivity index is 3.03. The number of hydrogen-bond acceptors (Lipinski definition) is 2. The van der Waals surface area contributed by atoms with E-state index in [0.29, 0.717) is 12.1 Å². The lowest BCUT2D eigenvalue weighted by Gasteiger charge is -2.05. The van der Waals surface area contributed by atoms with Crippen LogP contribution in [-0.4, -0.2) is 9.55 Å². The Bertz CT molecular complexity index is 627. The van der Waals surface area contributed by atoms with Crippen molar-refractivity contribution < 1.29 is 4.39 Å². The largest absolute Gasteiger partial charge is 0.328 e. The van der Waals surface area contributed by atoms with Crippen LogP contribution < -0.4 is 11.2 Å². The molecule has 1 heterocycles. The van der Waals surface area contributed by atoms with E-state index < -0.39 is 17.1 Å². The molecule has 1 aromatic heterocycles. The third-order valence-corrected chi connectivity index (χ3v) is 2.28. The fourth-order valence-corrected chi connectivity index (χ4v) is 1.58. The molecule has 0 aliphatic heterocycles. The standard InChI is InChI=1S/C10H9FN2O2/c1-2-13-8-4-3-6(11)5-7(8)9(14)12-10(13)15/h3-5H,2H2,1H3,(H,12,14,15). The minimum atomic E-state index is -0.556. The normalized spacial score (nSPS) is 10.8. The summed E-state index contributed by atoms with van der Waals surface area (Å²) in [4.78, 5) is 24.9. The minimum absolute atomic E-state index is 0.191. The highest BCUT2D eigenvalue weighted by Crippen LogP contribution is 2.09. The molecule has 0 aliphatic rings. The maximum atomic E-state index is 12.9. The van der Waals surface area contributed by atoms with E-state index in [4.69, 9.17) is 0 Å². The van der Waals surface area contributed by atoms with Gasteiger partial charge in [-0.2, -0.15) is 0 Å².